The summed E-state index contributed by atoms with van der Waals surface area (Å²) >= 11 is 11.8. The molecule has 1 amide bonds. The fourth-order valence-corrected chi connectivity index (χ4v) is 2.45. The fraction of sp³-hybridized carbons (Fsp3) is 0.0625. The zero-order chi connectivity index (χ0) is 17.1. The highest BCUT2D eigenvalue weighted by Crippen LogP contribution is 2.29. The van der Waals surface area contributed by atoms with E-state index < -0.39 is 18.5 Å². The molecule has 0 fully saturated rings. The molecule has 0 spiro atoms. The summed E-state index contributed by atoms with van der Waals surface area (Å²) in [5.41, 5.74) is 1.18. The van der Waals surface area contributed by atoms with Crippen molar-refractivity contribution in [2.75, 3.05) is 11.9 Å². The molecule has 24 heavy (non-hydrogen) atoms. The molecule has 3 aromatic rings. The normalized spacial score (nSPS) is 10.6. The molecule has 6 nitrogen and oxygen atoms in total. The summed E-state index contributed by atoms with van der Waals surface area (Å²) in [5.74, 6) is -1.23. The number of para-hydroxylation sites is 1. The van der Waals surface area contributed by atoms with Crippen LogP contribution in [0.1, 0.15) is 10.5 Å². The molecule has 0 unspecified atom stereocenters. The van der Waals surface area contributed by atoms with Crippen LogP contribution in [0.4, 0.5) is 5.69 Å². The average Bonchev–Trinajstić information content (AvgIpc) is 3.01. The minimum Gasteiger partial charge on any atom is -0.451 e. The van der Waals surface area contributed by atoms with Gasteiger partial charge in [0.15, 0.2) is 12.3 Å². The molecule has 0 aliphatic rings. The van der Waals surface area contributed by atoms with Gasteiger partial charge in [-0.25, -0.2) is 4.79 Å². The van der Waals surface area contributed by atoms with Crippen molar-refractivity contribution in [3.63, 3.8) is 0 Å². The third-order valence-corrected chi connectivity index (χ3v) is 4.04. The molecule has 1 heterocycles. The number of benzene rings is 2. The molecule has 0 bridgehead atoms. The van der Waals surface area contributed by atoms with E-state index in [1.54, 1.807) is 36.4 Å². The number of esters is 1. The van der Waals surface area contributed by atoms with Crippen LogP contribution in [-0.4, -0.2) is 28.7 Å². The summed E-state index contributed by atoms with van der Waals surface area (Å²) in [4.78, 5) is 24.0. The van der Waals surface area contributed by atoms with Crippen molar-refractivity contribution in [2.45, 2.75) is 0 Å². The lowest BCUT2D eigenvalue weighted by Gasteiger charge is -2.08. The molecule has 0 radical (unpaired) electrons. The number of aromatic amines is 1. The van der Waals surface area contributed by atoms with Crippen molar-refractivity contribution in [3.05, 3.63) is 58.2 Å². The van der Waals surface area contributed by atoms with Crippen LogP contribution in [0.3, 0.4) is 0 Å². The van der Waals surface area contributed by atoms with E-state index in [2.05, 4.69) is 15.5 Å². The maximum absolute atomic E-state index is 12.1. The first-order chi connectivity index (χ1) is 11.6. The van der Waals surface area contributed by atoms with Gasteiger partial charge in [0, 0.05) is 5.39 Å². The van der Waals surface area contributed by atoms with E-state index in [-0.39, 0.29) is 10.7 Å². The van der Waals surface area contributed by atoms with Crippen LogP contribution in [0.2, 0.25) is 10.0 Å². The molecule has 0 saturated carbocycles. The Labute approximate surface area is 146 Å². The van der Waals surface area contributed by atoms with Gasteiger partial charge in [-0.2, -0.15) is 5.10 Å². The van der Waals surface area contributed by atoms with E-state index in [9.17, 15) is 9.59 Å². The third-order valence-electron chi connectivity index (χ3n) is 3.22. The number of H-pyrrole nitrogens is 1. The van der Waals surface area contributed by atoms with E-state index >= 15 is 0 Å². The maximum atomic E-state index is 12.1. The summed E-state index contributed by atoms with van der Waals surface area (Å²) in [6.45, 7) is -0.469. The van der Waals surface area contributed by atoms with Gasteiger partial charge in [-0.1, -0.05) is 47.5 Å². The lowest BCUT2D eigenvalue weighted by atomic mass is 10.2. The van der Waals surface area contributed by atoms with E-state index in [0.29, 0.717) is 21.6 Å². The zero-order valence-electron chi connectivity index (χ0n) is 12.2. The first-order valence-electron chi connectivity index (χ1n) is 6.90. The van der Waals surface area contributed by atoms with Crippen molar-refractivity contribution in [3.8, 4) is 0 Å². The Hall–Kier alpha value is -2.57. The Morgan fingerprint density at radius 3 is 2.75 bits per heavy atom. The number of carbonyl (C=O) groups excluding carboxylic acids is 2. The van der Waals surface area contributed by atoms with Crippen LogP contribution in [0, 0.1) is 0 Å². The molecule has 0 atom stereocenters. The van der Waals surface area contributed by atoms with Crippen molar-refractivity contribution in [1.29, 1.82) is 0 Å². The lowest BCUT2D eigenvalue weighted by Crippen LogP contribution is -2.21. The molecule has 0 saturated heterocycles. The molecule has 0 aliphatic carbocycles. The van der Waals surface area contributed by atoms with Crippen LogP contribution < -0.4 is 5.32 Å². The van der Waals surface area contributed by atoms with Crippen molar-refractivity contribution in [1.82, 2.24) is 10.2 Å². The van der Waals surface area contributed by atoms with E-state index in [4.69, 9.17) is 27.9 Å². The lowest BCUT2D eigenvalue weighted by molar-refractivity contribution is -0.119. The average molecular weight is 364 g/mol. The van der Waals surface area contributed by atoms with Gasteiger partial charge in [-0.3, -0.25) is 9.89 Å². The Bertz CT molecular complexity index is 924. The van der Waals surface area contributed by atoms with E-state index in [1.807, 2.05) is 6.07 Å². The van der Waals surface area contributed by atoms with Gasteiger partial charge in [0.1, 0.15) is 0 Å². The topological polar surface area (TPSA) is 84.1 Å². The van der Waals surface area contributed by atoms with Crippen molar-refractivity contribution < 1.29 is 14.3 Å². The standard InChI is InChI=1S/C16H11Cl2N3O3/c17-10-5-3-7-12(14(10)18)19-13(22)8-24-16(23)15-9-4-1-2-6-11(9)20-21-15/h1-7H,8H2,(H,19,22)(H,20,21). The van der Waals surface area contributed by atoms with Crippen LogP contribution in [0.5, 0.6) is 0 Å². The van der Waals surface area contributed by atoms with Gasteiger partial charge in [-0.15, -0.1) is 0 Å². The van der Waals surface area contributed by atoms with Gasteiger partial charge in [0.05, 0.1) is 21.2 Å². The summed E-state index contributed by atoms with van der Waals surface area (Å²) in [7, 11) is 0. The Kier molecular flexibility index (Phi) is 4.69. The monoisotopic (exact) mass is 363 g/mol. The number of fused-ring (bicyclic) bond motifs is 1. The first-order valence-corrected chi connectivity index (χ1v) is 7.66. The van der Waals surface area contributed by atoms with Crippen LogP contribution in [-0.2, 0) is 9.53 Å². The van der Waals surface area contributed by atoms with Gasteiger partial charge in [0.25, 0.3) is 5.91 Å². The number of amides is 1. The molecular weight excluding hydrogens is 353 g/mol. The van der Waals surface area contributed by atoms with Crippen molar-refractivity contribution >= 4 is 51.7 Å². The molecule has 2 N–H and O–H groups in total. The number of anilines is 1. The highest BCUT2D eigenvalue weighted by atomic mass is 35.5. The summed E-state index contributed by atoms with van der Waals surface area (Å²) < 4.78 is 4.99. The Balaban J connectivity index is 1.64. The summed E-state index contributed by atoms with van der Waals surface area (Å²) in [6.07, 6.45) is 0. The maximum Gasteiger partial charge on any atom is 0.359 e. The number of rotatable bonds is 4. The number of halogens is 2. The van der Waals surface area contributed by atoms with Crippen LogP contribution >= 0.6 is 23.2 Å². The molecular formula is C16H11Cl2N3O3. The SMILES string of the molecule is O=C(COC(=O)c1n[nH]c2ccccc12)Nc1cccc(Cl)c1Cl. The quantitative estimate of drug-likeness (QED) is 0.692. The first kappa shape index (κ1) is 16.3. The fourth-order valence-electron chi connectivity index (χ4n) is 2.11. The molecule has 1 aromatic heterocycles. The number of ether oxygens (including phenoxy) is 1. The minimum absolute atomic E-state index is 0.124. The van der Waals surface area contributed by atoms with Crippen LogP contribution in [0.15, 0.2) is 42.5 Å². The van der Waals surface area contributed by atoms with Gasteiger partial charge < -0.3 is 10.1 Å². The Morgan fingerprint density at radius 2 is 1.92 bits per heavy atom. The number of hydrogen-bond donors (Lipinski definition) is 2. The van der Waals surface area contributed by atoms with Crippen molar-refractivity contribution in [2.24, 2.45) is 0 Å². The number of hydrogen-bond acceptors (Lipinski definition) is 4. The van der Waals surface area contributed by atoms with E-state index in [0.717, 1.165) is 0 Å². The molecule has 122 valence electrons. The Morgan fingerprint density at radius 1 is 1.12 bits per heavy atom. The number of nitrogens with one attached hydrogen (secondary N) is 2. The molecule has 2 aromatic carbocycles. The number of aromatic nitrogens is 2. The van der Waals surface area contributed by atoms with Gasteiger partial charge in [0.2, 0.25) is 0 Å². The highest BCUT2D eigenvalue weighted by Gasteiger charge is 2.17. The predicted octanol–water partition coefficient (Wildman–Crippen LogP) is 3.67. The van der Waals surface area contributed by atoms with Gasteiger partial charge >= 0.3 is 5.97 Å². The molecule has 3 rings (SSSR count). The van der Waals surface area contributed by atoms with E-state index in [1.165, 1.54) is 0 Å². The number of carbonyl (C=O) groups is 2. The number of nitrogens with zero attached hydrogens (tertiary/aromatic N) is 1. The predicted molar refractivity (Wildman–Crippen MR) is 91.5 cm³/mol. The minimum atomic E-state index is -0.695. The largest absolute Gasteiger partial charge is 0.451 e. The second kappa shape index (κ2) is 6.90. The molecule has 8 heteroatoms. The highest BCUT2D eigenvalue weighted by molar-refractivity contribution is 6.44. The zero-order valence-corrected chi connectivity index (χ0v) is 13.7. The smallest absolute Gasteiger partial charge is 0.359 e. The molecule has 0 aliphatic heterocycles. The summed E-state index contributed by atoms with van der Waals surface area (Å²) in [6, 6.07) is 12.0. The van der Waals surface area contributed by atoms with Crippen LogP contribution in [0.25, 0.3) is 10.9 Å². The third kappa shape index (κ3) is 3.34. The second-order valence-electron chi connectivity index (χ2n) is 4.84. The van der Waals surface area contributed by atoms with Gasteiger partial charge in [-0.05, 0) is 18.2 Å². The second-order valence-corrected chi connectivity index (χ2v) is 5.63. The summed E-state index contributed by atoms with van der Waals surface area (Å²) in [5, 5.41) is 10.3.